The summed E-state index contributed by atoms with van der Waals surface area (Å²) >= 11 is 0. The molecule has 1 heterocycles. The Labute approximate surface area is 139 Å². The van der Waals surface area contributed by atoms with Crippen molar-refractivity contribution in [2.75, 3.05) is 19.6 Å². The molecule has 1 N–H and O–H groups in total. The van der Waals surface area contributed by atoms with Crippen LogP contribution in [-0.4, -0.2) is 47.5 Å². The summed E-state index contributed by atoms with van der Waals surface area (Å²) in [5.74, 6) is 0. The van der Waals surface area contributed by atoms with Gasteiger partial charge in [0.15, 0.2) is 0 Å². The zero-order valence-electron chi connectivity index (χ0n) is 14.4. The summed E-state index contributed by atoms with van der Waals surface area (Å²) in [5.41, 5.74) is 2.44. The van der Waals surface area contributed by atoms with Crippen LogP contribution in [0.4, 0.5) is 4.79 Å². The summed E-state index contributed by atoms with van der Waals surface area (Å²) in [6.07, 6.45) is 4.92. The fourth-order valence-corrected chi connectivity index (χ4v) is 3.47. The molecular formula is C19H29N3O. The van der Waals surface area contributed by atoms with Gasteiger partial charge >= 0.3 is 6.03 Å². The highest BCUT2D eigenvalue weighted by Gasteiger charge is 2.32. The average molecular weight is 315 g/mol. The molecule has 0 unspecified atom stereocenters. The number of hydrogen-bond acceptors (Lipinski definition) is 2. The highest BCUT2D eigenvalue weighted by Crippen LogP contribution is 2.29. The van der Waals surface area contributed by atoms with Crippen LogP contribution in [0.25, 0.3) is 0 Å². The molecule has 1 aliphatic carbocycles. The van der Waals surface area contributed by atoms with E-state index < -0.39 is 0 Å². The van der Waals surface area contributed by atoms with E-state index in [9.17, 15) is 4.79 Å². The minimum atomic E-state index is 0.0823. The second-order valence-electron chi connectivity index (χ2n) is 6.99. The van der Waals surface area contributed by atoms with Crippen molar-refractivity contribution in [1.82, 2.24) is 15.1 Å². The van der Waals surface area contributed by atoms with E-state index in [0.717, 1.165) is 38.5 Å². The van der Waals surface area contributed by atoms with Gasteiger partial charge < -0.3 is 15.1 Å². The van der Waals surface area contributed by atoms with Crippen LogP contribution in [-0.2, 0) is 6.54 Å². The summed E-state index contributed by atoms with van der Waals surface area (Å²) in [7, 11) is 0. The van der Waals surface area contributed by atoms with Crippen molar-refractivity contribution in [3.05, 3.63) is 35.4 Å². The number of aryl methyl sites for hydroxylation is 1. The van der Waals surface area contributed by atoms with Crippen molar-refractivity contribution < 1.29 is 4.79 Å². The average Bonchev–Trinajstić information content (AvgIpc) is 3.38. The van der Waals surface area contributed by atoms with Crippen LogP contribution in [0, 0.1) is 6.92 Å². The fourth-order valence-electron chi connectivity index (χ4n) is 3.47. The number of amides is 2. The quantitative estimate of drug-likeness (QED) is 0.906. The standard InChI is InChI=1S/C19H29N3O/c1-3-21(14-16-6-4-5-15(2)13-16)19(23)20-17-9-11-22(12-10-17)18-7-8-18/h4-6,13,17-18H,3,7-12,14H2,1-2H3,(H,20,23). The molecule has 0 atom stereocenters. The number of urea groups is 1. The van der Waals surface area contributed by atoms with Gasteiger partial charge in [-0.3, -0.25) is 0 Å². The van der Waals surface area contributed by atoms with Crippen molar-refractivity contribution >= 4 is 6.03 Å². The Morgan fingerprint density at radius 1 is 1.26 bits per heavy atom. The van der Waals surface area contributed by atoms with Crippen LogP contribution in [0.5, 0.6) is 0 Å². The van der Waals surface area contributed by atoms with E-state index in [1.54, 1.807) is 0 Å². The monoisotopic (exact) mass is 315 g/mol. The van der Waals surface area contributed by atoms with E-state index in [1.165, 1.54) is 24.0 Å². The first-order valence-corrected chi connectivity index (χ1v) is 9.00. The molecule has 1 saturated carbocycles. The van der Waals surface area contributed by atoms with Crippen LogP contribution in [0.2, 0.25) is 0 Å². The van der Waals surface area contributed by atoms with Gasteiger partial charge in [-0.05, 0) is 45.1 Å². The number of hydrogen-bond donors (Lipinski definition) is 1. The number of carbonyl (C=O) groups excluding carboxylic acids is 1. The Kier molecular flexibility index (Phi) is 5.21. The van der Waals surface area contributed by atoms with Gasteiger partial charge in [0.25, 0.3) is 0 Å². The van der Waals surface area contributed by atoms with E-state index in [2.05, 4.69) is 41.4 Å². The summed E-state index contributed by atoms with van der Waals surface area (Å²) in [5, 5.41) is 3.24. The first kappa shape index (κ1) is 16.3. The SMILES string of the molecule is CCN(Cc1cccc(C)c1)C(=O)NC1CCN(C2CC2)CC1. The zero-order chi connectivity index (χ0) is 16.2. The number of nitrogens with one attached hydrogen (secondary N) is 1. The third-order valence-corrected chi connectivity index (χ3v) is 5.05. The molecule has 2 amide bonds. The summed E-state index contributed by atoms with van der Waals surface area (Å²) in [4.78, 5) is 17.1. The predicted molar refractivity (Wildman–Crippen MR) is 93.4 cm³/mol. The molecule has 2 aliphatic rings. The number of benzene rings is 1. The Hall–Kier alpha value is -1.55. The molecular weight excluding hydrogens is 286 g/mol. The maximum Gasteiger partial charge on any atom is 0.317 e. The van der Waals surface area contributed by atoms with Gasteiger partial charge in [0, 0.05) is 38.3 Å². The smallest absolute Gasteiger partial charge is 0.317 e. The molecule has 1 saturated heterocycles. The van der Waals surface area contributed by atoms with Crippen molar-refractivity contribution in [3.63, 3.8) is 0 Å². The molecule has 1 aliphatic heterocycles. The van der Waals surface area contributed by atoms with Gasteiger partial charge in [-0.2, -0.15) is 0 Å². The molecule has 0 radical (unpaired) electrons. The highest BCUT2D eigenvalue weighted by molar-refractivity contribution is 5.74. The van der Waals surface area contributed by atoms with Gasteiger partial charge in [0.05, 0.1) is 0 Å². The molecule has 126 valence electrons. The minimum Gasteiger partial charge on any atom is -0.335 e. The zero-order valence-corrected chi connectivity index (χ0v) is 14.4. The molecule has 23 heavy (non-hydrogen) atoms. The predicted octanol–water partition coefficient (Wildman–Crippen LogP) is 3.15. The van der Waals surface area contributed by atoms with E-state index in [-0.39, 0.29) is 6.03 Å². The Morgan fingerprint density at radius 3 is 2.61 bits per heavy atom. The van der Waals surface area contributed by atoms with Crippen molar-refractivity contribution in [2.45, 2.75) is 58.2 Å². The third-order valence-electron chi connectivity index (χ3n) is 5.05. The van der Waals surface area contributed by atoms with E-state index in [4.69, 9.17) is 0 Å². The second-order valence-corrected chi connectivity index (χ2v) is 6.99. The van der Waals surface area contributed by atoms with Crippen molar-refractivity contribution in [2.24, 2.45) is 0 Å². The summed E-state index contributed by atoms with van der Waals surface area (Å²) < 4.78 is 0. The molecule has 1 aromatic carbocycles. The minimum absolute atomic E-state index is 0.0823. The molecule has 2 fully saturated rings. The molecule has 0 aromatic heterocycles. The van der Waals surface area contributed by atoms with Gasteiger partial charge in [0.2, 0.25) is 0 Å². The van der Waals surface area contributed by atoms with Gasteiger partial charge in [-0.1, -0.05) is 29.8 Å². The maximum atomic E-state index is 12.6. The highest BCUT2D eigenvalue weighted by atomic mass is 16.2. The van der Waals surface area contributed by atoms with Crippen LogP contribution < -0.4 is 5.32 Å². The van der Waals surface area contributed by atoms with Crippen LogP contribution in [0.3, 0.4) is 0 Å². The van der Waals surface area contributed by atoms with E-state index in [1.807, 2.05) is 11.8 Å². The number of nitrogens with zero attached hydrogens (tertiary/aromatic N) is 2. The Balaban J connectivity index is 1.49. The number of likely N-dealkylation sites (tertiary alicyclic amines) is 1. The number of rotatable bonds is 5. The fraction of sp³-hybridized carbons (Fsp3) is 0.632. The van der Waals surface area contributed by atoms with Gasteiger partial charge in [-0.15, -0.1) is 0 Å². The first-order chi connectivity index (χ1) is 11.2. The van der Waals surface area contributed by atoms with E-state index >= 15 is 0 Å². The van der Waals surface area contributed by atoms with Gasteiger partial charge in [-0.25, -0.2) is 4.79 Å². The molecule has 4 heteroatoms. The molecule has 4 nitrogen and oxygen atoms in total. The second kappa shape index (κ2) is 7.35. The lowest BCUT2D eigenvalue weighted by molar-refractivity contribution is 0.168. The molecule has 0 spiro atoms. The topological polar surface area (TPSA) is 35.6 Å². The maximum absolute atomic E-state index is 12.6. The van der Waals surface area contributed by atoms with Gasteiger partial charge in [0.1, 0.15) is 0 Å². The Bertz CT molecular complexity index is 533. The number of piperidine rings is 1. The third kappa shape index (κ3) is 4.47. The largest absolute Gasteiger partial charge is 0.335 e. The Morgan fingerprint density at radius 2 is 2.00 bits per heavy atom. The summed E-state index contributed by atoms with van der Waals surface area (Å²) in [6, 6.07) is 9.67. The molecule has 0 bridgehead atoms. The normalized spacial score (nSPS) is 19.6. The van der Waals surface area contributed by atoms with Crippen LogP contribution >= 0.6 is 0 Å². The number of carbonyl (C=O) groups is 1. The molecule has 1 aromatic rings. The van der Waals surface area contributed by atoms with Crippen LogP contribution in [0.1, 0.15) is 43.7 Å². The lowest BCUT2D eigenvalue weighted by Gasteiger charge is -2.33. The van der Waals surface area contributed by atoms with Crippen LogP contribution in [0.15, 0.2) is 24.3 Å². The van der Waals surface area contributed by atoms with E-state index in [0.29, 0.717) is 12.6 Å². The lowest BCUT2D eigenvalue weighted by Crippen LogP contribution is -2.49. The van der Waals surface area contributed by atoms with Crippen molar-refractivity contribution in [1.29, 1.82) is 0 Å². The van der Waals surface area contributed by atoms with Crippen molar-refractivity contribution in [3.8, 4) is 0 Å². The lowest BCUT2D eigenvalue weighted by atomic mass is 10.1. The molecule has 3 rings (SSSR count). The first-order valence-electron chi connectivity index (χ1n) is 9.00. The summed E-state index contributed by atoms with van der Waals surface area (Å²) in [6.45, 7) is 7.84.